The van der Waals surface area contributed by atoms with Crippen LogP contribution in [0.3, 0.4) is 0 Å². The van der Waals surface area contributed by atoms with E-state index in [2.05, 4.69) is 10.6 Å². The first kappa shape index (κ1) is 15.3. The fraction of sp³-hybridized carbons (Fsp3) is 0.467. The van der Waals surface area contributed by atoms with Gasteiger partial charge in [0.1, 0.15) is 0 Å². The number of aliphatic hydroxyl groups excluding tert-OH is 1. The molecule has 114 valence electrons. The zero-order chi connectivity index (χ0) is 15.2. The van der Waals surface area contributed by atoms with E-state index in [1.165, 1.54) is 12.1 Å². The van der Waals surface area contributed by atoms with Crippen LogP contribution in [-0.4, -0.2) is 34.9 Å². The summed E-state index contributed by atoms with van der Waals surface area (Å²) in [4.78, 5) is 22.5. The van der Waals surface area contributed by atoms with Gasteiger partial charge in [0, 0.05) is 25.1 Å². The summed E-state index contributed by atoms with van der Waals surface area (Å²) in [5.41, 5.74) is 1.06. The summed E-state index contributed by atoms with van der Waals surface area (Å²) in [6.45, 7) is 0.434. The third-order valence-electron chi connectivity index (χ3n) is 3.86. The van der Waals surface area contributed by atoms with Crippen LogP contribution in [0.1, 0.15) is 35.2 Å². The van der Waals surface area contributed by atoms with Crippen LogP contribution < -0.4 is 10.6 Å². The first-order valence-corrected chi connectivity index (χ1v) is 7.07. The van der Waals surface area contributed by atoms with E-state index in [4.69, 9.17) is 5.11 Å². The van der Waals surface area contributed by atoms with E-state index in [0.29, 0.717) is 6.54 Å². The van der Waals surface area contributed by atoms with Gasteiger partial charge < -0.3 is 20.8 Å². The van der Waals surface area contributed by atoms with E-state index >= 15 is 0 Å². The lowest BCUT2D eigenvalue weighted by molar-refractivity contribution is 0.0697. The fourth-order valence-electron chi connectivity index (χ4n) is 2.61. The van der Waals surface area contributed by atoms with Crippen molar-refractivity contribution >= 4 is 12.0 Å². The summed E-state index contributed by atoms with van der Waals surface area (Å²) in [6.07, 6.45) is 2.86. The zero-order valence-corrected chi connectivity index (χ0v) is 11.7. The van der Waals surface area contributed by atoms with Gasteiger partial charge in [-0.25, -0.2) is 9.59 Å². The lowest BCUT2D eigenvalue weighted by Gasteiger charge is -2.19. The van der Waals surface area contributed by atoms with Crippen LogP contribution in [0.25, 0.3) is 0 Å². The topological polar surface area (TPSA) is 98.7 Å². The van der Waals surface area contributed by atoms with Crippen molar-refractivity contribution in [3.63, 3.8) is 0 Å². The summed E-state index contributed by atoms with van der Waals surface area (Å²) in [7, 11) is 0. The number of amides is 2. The number of urea groups is 1. The molecular formula is C15H20N2O4. The maximum Gasteiger partial charge on any atom is 0.335 e. The molecule has 6 heteroatoms. The van der Waals surface area contributed by atoms with Gasteiger partial charge in [0.2, 0.25) is 0 Å². The van der Waals surface area contributed by atoms with Crippen molar-refractivity contribution in [3.8, 4) is 0 Å². The fourth-order valence-corrected chi connectivity index (χ4v) is 2.61. The minimum absolute atomic E-state index is 0.0318. The molecule has 0 unspecified atom stereocenters. The van der Waals surface area contributed by atoms with Gasteiger partial charge >= 0.3 is 12.0 Å². The van der Waals surface area contributed by atoms with Crippen LogP contribution >= 0.6 is 0 Å². The van der Waals surface area contributed by atoms with E-state index in [-0.39, 0.29) is 30.2 Å². The molecule has 0 aromatic heterocycles. The molecule has 0 spiro atoms. The second kappa shape index (κ2) is 7.08. The molecule has 21 heavy (non-hydrogen) atoms. The number of benzene rings is 1. The number of hydrogen-bond acceptors (Lipinski definition) is 3. The molecular weight excluding hydrogens is 272 g/mol. The van der Waals surface area contributed by atoms with Crippen LogP contribution in [0.4, 0.5) is 4.79 Å². The van der Waals surface area contributed by atoms with E-state index in [1.54, 1.807) is 12.1 Å². The number of aliphatic hydroxyl groups is 1. The summed E-state index contributed by atoms with van der Waals surface area (Å²) in [5.74, 6) is -0.825. The number of carbonyl (C=O) groups excluding carboxylic acids is 1. The lowest BCUT2D eigenvalue weighted by Crippen LogP contribution is -2.44. The van der Waals surface area contributed by atoms with Crippen LogP contribution in [0.15, 0.2) is 24.3 Å². The Morgan fingerprint density at radius 2 is 1.90 bits per heavy atom. The first-order chi connectivity index (χ1) is 10.1. The third kappa shape index (κ3) is 4.19. The average Bonchev–Trinajstić information content (AvgIpc) is 2.92. The normalized spacial score (nSPS) is 21.0. The van der Waals surface area contributed by atoms with E-state index in [1.807, 2.05) is 0 Å². The monoisotopic (exact) mass is 292 g/mol. The molecule has 0 aliphatic heterocycles. The Morgan fingerprint density at radius 1 is 1.19 bits per heavy atom. The molecule has 6 nitrogen and oxygen atoms in total. The maximum atomic E-state index is 11.8. The summed E-state index contributed by atoms with van der Waals surface area (Å²) in [5, 5.41) is 23.6. The molecule has 1 saturated carbocycles. The van der Waals surface area contributed by atoms with Gasteiger partial charge in [-0.15, -0.1) is 0 Å². The van der Waals surface area contributed by atoms with Crippen molar-refractivity contribution < 1.29 is 19.8 Å². The number of rotatable bonds is 5. The highest BCUT2D eigenvalue weighted by Gasteiger charge is 2.27. The Bertz CT molecular complexity index is 501. The Labute approximate surface area is 123 Å². The molecule has 0 saturated heterocycles. The van der Waals surface area contributed by atoms with Crippen molar-refractivity contribution in [3.05, 3.63) is 35.4 Å². The highest BCUT2D eigenvalue weighted by atomic mass is 16.4. The second-order valence-corrected chi connectivity index (χ2v) is 5.31. The van der Waals surface area contributed by atoms with E-state index in [0.717, 1.165) is 24.8 Å². The minimum Gasteiger partial charge on any atom is -0.478 e. The van der Waals surface area contributed by atoms with Crippen molar-refractivity contribution in [1.29, 1.82) is 0 Å². The summed E-state index contributed by atoms with van der Waals surface area (Å²) in [6, 6.07) is 6.14. The number of carboxylic acids is 1. The Morgan fingerprint density at radius 3 is 2.52 bits per heavy atom. The Kier molecular flexibility index (Phi) is 5.16. The van der Waals surface area contributed by atoms with Gasteiger partial charge in [-0.3, -0.25) is 0 Å². The molecule has 1 fully saturated rings. The first-order valence-electron chi connectivity index (χ1n) is 7.07. The highest BCUT2D eigenvalue weighted by Crippen LogP contribution is 2.24. The van der Waals surface area contributed by atoms with Crippen molar-refractivity contribution in [2.45, 2.75) is 31.8 Å². The minimum atomic E-state index is -0.969. The van der Waals surface area contributed by atoms with Crippen molar-refractivity contribution in [1.82, 2.24) is 10.6 Å². The smallest absolute Gasteiger partial charge is 0.335 e. The number of carboxylic acid groups (broad SMARTS) is 1. The van der Waals surface area contributed by atoms with E-state index in [9.17, 15) is 14.7 Å². The lowest BCUT2D eigenvalue weighted by atomic mass is 10.1. The molecule has 2 amide bonds. The number of hydrogen-bond donors (Lipinski definition) is 4. The quantitative estimate of drug-likeness (QED) is 0.658. The molecule has 4 N–H and O–H groups in total. The van der Waals surface area contributed by atoms with Gasteiger partial charge in [0.05, 0.1) is 5.56 Å². The number of aromatic carboxylic acids is 1. The molecule has 0 radical (unpaired) electrons. The molecule has 0 heterocycles. The molecule has 2 atom stereocenters. The maximum absolute atomic E-state index is 11.8. The highest BCUT2D eigenvalue weighted by molar-refractivity contribution is 5.87. The average molecular weight is 292 g/mol. The molecule has 2 rings (SSSR count). The van der Waals surface area contributed by atoms with Gasteiger partial charge in [-0.05, 0) is 30.5 Å². The standard InChI is InChI=1S/C15H20N2O4/c18-9-12-2-1-3-13(12)17-15(21)16-8-10-4-6-11(7-5-10)14(19)20/h4-7,12-13,18H,1-3,8-9H2,(H,19,20)(H2,16,17,21)/t12-,13-/m0/s1. The second-order valence-electron chi connectivity index (χ2n) is 5.31. The molecule has 1 aromatic carbocycles. The third-order valence-corrected chi connectivity index (χ3v) is 3.86. The van der Waals surface area contributed by atoms with Crippen molar-refractivity contribution in [2.75, 3.05) is 6.61 Å². The molecule has 1 aliphatic carbocycles. The number of nitrogens with one attached hydrogen (secondary N) is 2. The Balaban J connectivity index is 1.79. The van der Waals surface area contributed by atoms with Gasteiger partial charge in [0.25, 0.3) is 0 Å². The molecule has 1 aromatic rings. The van der Waals surface area contributed by atoms with Crippen LogP contribution in [0.2, 0.25) is 0 Å². The predicted molar refractivity (Wildman–Crippen MR) is 77.0 cm³/mol. The largest absolute Gasteiger partial charge is 0.478 e. The SMILES string of the molecule is O=C(NCc1ccc(C(=O)O)cc1)N[C@H]1CCC[C@H]1CO. The summed E-state index contributed by atoms with van der Waals surface area (Å²) < 4.78 is 0. The van der Waals surface area contributed by atoms with Crippen molar-refractivity contribution in [2.24, 2.45) is 5.92 Å². The van der Waals surface area contributed by atoms with Gasteiger partial charge in [0.15, 0.2) is 0 Å². The predicted octanol–water partition coefficient (Wildman–Crippen LogP) is 1.34. The van der Waals surface area contributed by atoms with Crippen LogP contribution in [0, 0.1) is 5.92 Å². The van der Waals surface area contributed by atoms with Crippen LogP contribution in [0.5, 0.6) is 0 Å². The molecule has 0 bridgehead atoms. The van der Waals surface area contributed by atoms with E-state index < -0.39 is 5.97 Å². The van der Waals surface area contributed by atoms with Gasteiger partial charge in [-0.2, -0.15) is 0 Å². The van der Waals surface area contributed by atoms with Gasteiger partial charge in [-0.1, -0.05) is 18.6 Å². The molecule has 1 aliphatic rings. The number of carbonyl (C=O) groups is 2. The summed E-state index contributed by atoms with van der Waals surface area (Å²) >= 11 is 0. The van der Waals surface area contributed by atoms with Crippen LogP contribution in [-0.2, 0) is 6.54 Å². The zero-order valence-electron chi connectivity index (χ0n) is 11.7. The Hall–Kier alpha value is -2.08.